The van der Waals surface area contributed by atoms with Crippen molar-refractivity contribution in [1.29, 1.82) is 0 Å². The summed E-state index contributed by atoms with van der Waals surface area (Å²) in [6, 6.07) is 16.1. The van der Waals surface area contributed by atoms with Gasteiger partial charge in [-0.1, -0.05) is 42.5 Å². The van der Waals surface area contributed by atoms with E-state index in [0.29, 0.717) is 38.4 Å². The average molecular weight is 398 g/mol. The van der Waals surface area contributed by atoms with Crippen molar-refractivity contribution in [1.82, 2.24) is 10.2 Å². The second-order valence-electron chi connectivity index (χ2n) is 7.30. The number of carbonyl (C=O) groups excluding carboxylic acids is 2. The Morgan fingerprint density at radius 1 is 1.03 bits per heavy atom. The maximum absolute atomic E-state index is 13.1. The number of nitrogens with one attached hydrogen (secondary N) is 1. The minimum absolute atomic E-state index is 0.113. The number of alkyl carbamates (subject to hydrolysis) is 1. The molecule has 1 N–H and O–H groups in total. The maximum Gasteiger partial charge on any atom is 0.407 e. The fraction of sp³-hybridized carbons (Fsp3) is 0.391. The Morgan fingerprint density at radius 2 is 1.72 bits per heavy atom. The summed E-state index contributed by atoms with van der Waals surface area (Å²) < 4.78 is 18.2. The van der Waals surface area contributed by atoms with Gasteiger partial charge in [-0.25, -0.2) is 9.18 Å². The molecule has 0 unspecified atom stereocenters. The molecule has 0 spiro atoms. The second-order valence-corrected chi connectivity index (χ2v) is 7.30. The van der Waals surface area contributed by atoms with Gasteiger partial charge in [0.15, 0.2) is 0 Å². The van der Waals surface area contributed by atoms with E-state index in [0.717, 1.165) is 24.0 Å². The van der Waals surface area contributed by atoms with Gasteiger partial charge in [-0.2, -0.15) is 0 Å². The number of hydrogen-bond donors (Lipinski definition) is 1. The first-order valence-electron chi connectivity index (χ1n) is 10.1. The highest BCUT2D eigenvalue weighted by molar-refractivity contribution is 5.76. The standard InChI is InChI=1S/C23H27FN2O3/c24-21-10-8-19(9-11-21)20-12-15-26(16-13-20)22(27)7-4-14-25-23(28)29-17-18-5-2-1-3-6-18/h1-3,5-6,8-11,20H,4,7,12-17H2,(H,25,28). The zero-order chi connectivity index (χ0) is 20.5. The van der Waals surface area contributed by atoms with Gasteiger partial charge in [0.05, 0.1) is 0 Å². The van der Waals surface area contributed by atoms with E-state index in [1.807, 2.05) is 47.4 Å². The Hall–Kier alpha value is -2.89. The Labute approximate surface area is 170 Å². The van der Waals surface area contributed by atoms with E-state index in [1.54, 1.807) is 0 Å². The summed E-state index contributed by atoms with van der Waals surface area (Å²) in [5, 5.41) is 2.68. The van der Waals surface area contributed by atoms with Crippen molar-refractivity contribution < 1.29 is 18.7 Å². The van der Waals surface area contributed by atoms with Crippen LogP contribution in [0.25, 0.3) is 0 Å². The van der Waals surface area contributed by atoms with Crippen molar-refractivity contribution in [3.63, 3.8) is 0 Å². The summed E-state index contributed by atoms with van der Waals surface area (Å²) in [5.41, 5.74) is 2.07. The Bertz CT molecular complexity index is 788. The van der Waals surface area contributed by atoms with Crippen LogP contribution in [-0.2, 0) is 16.1 Å². The summed E-state index contributed by atoms with van der Waals surface area (Å²) in [4.78, 5) is 26.0. The highest BCUT2D eigenvalue weighted by Crippen LogP contribution is 2.28. The van der Waals surface area contributed by atoms with Crippen molar-refractivity contribution in [2.24, 2.45) is 0 Å². The number of benzene rings is 2. The summed E-state index contributed by atoms with van der Waals surface area (Å²) in [5.74, 6) is 0.265. The van der Waals surface area contributed by atoms with Gasteiger partial charge in [-0.3, -0.25) is 4.79 Å². The molecule has 0 aromatic heterocycles. The number of halogens is 1. The van der Waals surface area contributed by atoms with Crippen molar-refractivity contribution in [3.8, 4) is 0 Å². The highest BCUT2D eigenvalue weighted by Gasteiger charge is 2.23. The molecule has 1 saturated heterocycles. The predicted molar refractivity (Wildman–Crippen MR) is 109 cm³/mol. The topological polar surface area (TPSA) is 58.6 Å². The van der Waals surface area contributed by atoms with Gasteiger partial charge in [-0.05, 0) is 48.4 Å². The molecule has 1 heterocycles. The fourth-order valence-electron chi connectivity index (χ4n) is 3.56. The molecule has 5 nitrogen and oxygen atoms in total. The zero-order valence-corrected chi connectivity index (χ0v) is 16.5. The van der Waals surface area contributed by atoms with Crippen LogP contribution in [0.15, 0.2) is 54.6 Å². The molecular formula is C23H27FN2O3. The Balaban J connectivity index is 1.29. The van der Waals surface area contributed by atoms with E-state index < -0.39 is 6.09 Å². The summed E-state index contributed by atoms with van der Waals surface area (Å²) >= 11 is 0. The molecular weight excluding hydrogens is 371 g/mol. The monoisotopic (exact) mass is 398 g/mol. The van der Waals surface area contributed by atoms with Gasteiger partial charge in [0.1, 0.15) is 12.4 Å². The third kappa shape index (κ3) is 6.59. The molecule has 2 aromatic carbocycles. The lowest BCUT2D eigenvalue weighted by Crippen LogP contribution is -2.38. The number of nitrogens with zero attached hydrogens (tertiary/aromatic N) is 1. The first-order valence-corrected chi connectivity index (χ1v) is 10.1. The normalized spacial score (nSPS) is 14.4. The van der Waals surface area contributed by atoms with E-state index in [4.69, 9.17) is 4.74 Å². The van der Waals surface area contributed by atoms with Crippen LogP contribution < -0.4 is 5.32 Å². The van der Waals surface area contributed by atoms with Crippen LogP contribution in [0.5, 0.6) is 0 Å². The van der Waals surface area contributed by atoms with Crippen LogP contribution in [0.2, 0.25) is 0 Å². The number of likely N-dealkylation sites (tertiary alicyclic amines) is 1. The molecule has 1 aliphatic rings. The van der Waals surface area contributed by atoms with Crippen LogP contribution in [0, 0.1) is 5.82 Å². The highest BCUT2D eigenvalue weighted by atomic mass is 19.1. The lowest BCUT2D eigenvalue weighted by molar-refractivity contribution is -0.132. The number of ether oxygens (including phenoxy) is 1. The number of amides is 2. The lowest BCUT2D eigenvalue weighted by atomic mass is 9.89. The van der Waals surface area contributed by atoms with E-state index in [9.17, 15) is 14.0 Å². The van der Waals surface area contributed by atoms with Gasteiger partial charge in [-0.15, -0.1) is 0 Å². The predicted octanol–water partition coefficient (Wildman–Crippen LogP) is 4.24. The lowest BCUT2D eigenvalue weighted by Gasteiger charge is -2.32. The van der Waals surface area contributed by atoms with Gasteiger partial charge in [0.25, 0.3) is 0 Å². The van der Waals surface area contributed by atoms with Crippen molar-refractivity contribution >= 4 is 12.0 Å². The third-order valence-corrected chi connectivity index (χ3v) is 5.24. The number of hydrogen-bond acceptors (Lipinski definition) is 3. The molecule has 3 rings (SSSR count). The summed E-state index contributed by atoms with van der Waals surface area (Å²) in [6.45, 7) is 2.07. The SMILES string of the molecule is O=C(NCCCC(=O)N1CCC(c2ccc(F)cc2)CC1)OCc1ccccc1. The summed E-state index contributed by atoms with van der Waals surface area (Å²) in [7, 11) is 0. The number of rotatable bonds is 7. The third-order valence-electron chi connectivity index (χ3n) is 5.24. The molecule has 0 saturated carbocycles. The molecule has 0 radical (unpaired) electrons. The van der Waals surface area contributed by atoms with Gasteiger partial charge >= 0.3 is 6.09 Å². The van der Waals surface area contributed by atoms with Crippen molar-refractivity contribution in [2.75, 3.05) is 19.6 Å². The molecule has 154 valence electrons. The van der Waals surface area contributed by atoms with E-state index in [2.05, 4.69) is 5.32 Å². The average Bonchev–Trinajstić information content (AvgIpc) is 2.76. The maximum atomic E-state index is 13.1. The molecule has 2 amide bonds. The van der Waals surface area contributed by atoms with Crippen molar-refractivity contribution in [2.45, 2.75) is 38.2 Å². The van der Waals surface area contributed by atoms with Crippen LogP contribution in [0.1, 0.15) is 42.7 Å². The van der Waals surface area contributed by atoms with Crippen LogP contribution in [0.4, 0.5) is 9.18 Å². The number of piperidine rings is 1. The molecule has 29 heavy (non-hydrogen) atoms. The Kier molecular flexibility index (Phi) is 7.61. The van der Waals surface area contributed by atoms with E-state index in [-0.39, 0.29) is 18.3 Å². The minimum atomic E-state index is -0.471. The zero-order valence-electron chi connectivity index (χ0n) is 16.5. The van der Waals surface area contributed by atoms with Gasteiger partial charge in [0, 0.05) is 26.1 Å². The second kappa shape index (κ2) is 10.6. The molecule has 6 heteroatoms. The fourth-order valence-corrected chi connectivity index (χ4v) is 3.56. The smallest absolute Gasteiger partial charge is 0.407 e. The van der Waals surface area contributed by atoms with Gasteiger partial charge < -0.3 is 15.0 Å². The Morgan fingerprint density at radius 3 is 2.41 bits per heavy atom. The van der Waals surface area contributed by atoms with Gasteiger partial charge in [0.2, 0.25) is 5.91 Å². The minimum Gasteiger partial charge on any atom is -0.445 e. The summed E-state index contributed by atoms with van der Waals surface area (Å²) in [6.07, 6.45) is 2.29. The van der Waals surface area contributed by atoms with E-state index in [1.165, 1.54) is 12.1 Å². The molecule has 1 aliphatic heterocycles. The van der Waals surface area contributed by atoms with Crippen molar-refractivity contribution in [3.05, 3.63) is 71.5 Å². The quantitative estimate of drug-likeness (QED) is 0.710. The first kappa shape index (κ1) is 20.8. The number of carbonyl (C=O) groups is 2. The van der Waals surface area contributed by atoms with Crippen LogP contribution in [-0.4, -0.2) is 36.5 Å². The molecule has 1 fully saturated rings. The molecule has 0 bridgehead atoms. The molecule has 0 atom stereocenters. The molecule has 2 aromatic rings. The van der Waals surface area contributed by atoms with Crippen LogP contribution in [0.3, 0.4) is 0 Å². The largest absolute Gasteiger partial charge is 0.445 e. The van der Waals surface area contributed by atoms with E-state index >= 15 is 0 Å². The first-order chi connectivity index (χ1) is 14.1. The molecule has 0 aliphatic carbocycles. The van der Waals surface area contributed by atoms with Crippen LogP contribution >= 0.6 is 0 Å².